The number of fused-ring (bicyclic) bond motifs is 5. The fraction of sp³-hybridized carbons (Fsp3) is 0.250. The van der Waals surface area contributed by atoms with Crippen molar-refractivity contribution in [2.75, 3.05) is 18.0 Å². The van der Waals surface area contributed by atoms with Crippen molar-refractivity contribution in [1.29, 1.82) is 0 Å². The van der Waals surface area contributed by atoms with Gasteiger partial charge in [-0.1, -0.05) is 36.4 Å². The molecule has 0 aromatic heterocycles. The maximum atomic E-state index is 6.00. The zero-order valence-electron chi connectivity index (χ0n) is 10.7. The largest absolute Gasteiger partial charge is 0.488 e. The second-order valence-electron chi connectivity index (χ2n) is 5.01. The predicted molar refractivity (Wildman–Crippen MR) is 75.3 cm³/mol. The Morgan fingerprint density at radius 2 is 1.89 bits per heavy atom. The molecule has 2 aliphatic rings. The molecule has 96 valence electrons. The summed E-state index contributed by atoms with van der Waals surface area (Å²) >= 11 is 0. The van der Waals surface area contributed by atoms with Gasteiger partial charge in [0.05, 0.1) is 0 Å². The number of nitrogens with one attached hydrogen (secondary N) is 1. The molecule has 0 amide bonds. The SMILES string of the molecule is c1ccc2c(c1)COc1ccccc1C1NCCN21. The van der Waals surface area contributed by atoms with E-state index in [1.807, 2.05) is 6.07 Å². The number of hydrogen-bond acceptors (Lipinski definition) is 3. The standard InChI is InChI=1S/C16H16N2O/c1-3-7-14-12(5-1)11-19-15-8-4-2-6-13(15)16-17-9-10-18(14)16/h1-8,16-17H,9-11H2. The lowest BCUT2D eigenvalue weighted by Gasteiger charge is -2.32. The number of ether oxygens (including phenoxy) is 1. The van der Waals surface area contributed by atoms with Crippen LogP contribution in [0.15, 0.2) is 48.5 Å². The highest BCUT2D eigenvalue weighted by Crippen LogP contribution is 2.37. The van der Waals surface area contributed by atoms with Crippen molar-refractivity contribution in [3.63, 3.8) is 0 Å². The molecular weight excluding hydrogens is 236 g/mol. The molecule has 2 heterocycles. The lowest BCUT2D eigenvalue weighted by Crippen LogP contribution is -2.30. The minimum absolute atomic E-state index is 0.220. The molecule has 2 aromatic rings. The number of anilines is 1. The quantitative estimate of drug-likeness (QED) is 0.780. The molecular formula is C16H16N2O. The molecule has 0 radical (unpaired) electrons. The average Bonchev–Trinajstić information content (AvgIpc) is 2.92. The molecule has 2 aliphatic heterocycles. The van der Waals surface area contributed by atoms with Gasteiger partial charge in [-0.25, -0.2) is 0 Å². The summed E-state index contributed by atoms with van der Waals surface area (Å²) in [7, 11) is 0. The fourth-order valence-corrected chi connectivity index (χ4v) is 3.00. The molecule has 3 nitrogen and oxygen atoms in total. The minimum atomic E-state index is 0.220. The first-order valence-electron chi connectivity index (χ1n) is 6.73. The highest BCUT2D eigenvalue weighted by atomic mass is 16.5. The lowest BCUT2D eigenvalue weighted by atomic mass is 10.1. The van der Waals surface area contributed by atoms with Gasteiger partial charge < -0.3 is 9.64 Å². The van der Waals surface area contributed by atoms with Crippen LogP contribution in [0.1, 0.15) is 17.3 Å². The Morgan fingerprint density at radius 1 is 1.05 bits per heavy atom. The van der Waals surface area contributed by atoms with Crippen LogP contribution < -0.4 is 15.0 Å². The third-order valence-electron chi connectivity index (χ3n) is 3.90. The van der Waals surface area contributed by atoms with Crippen LogP contribution in [0.3, 0.4) is 0 Å². The van der Waals surface area contributed by atoms with Gasteiger partial charge >= 0.3 is 0 Å². The van der Waals surface area contributed by atoms with Crippen molar-refractivity contribution < 1.29 is 4.74 Å². The third kappa shape index (κ3) is 1.70. The van der Waals surface area contributed by atoms with Gasteiger partial charge in [-0.3, -0.25) is 5.32 Å². The molecule has 4 rings (SSSR count). The Morgan fingerprint density at radius 3 is 2.89 bits per heavy atom. The summed E-state index contributed by atoms with van der Waals surface area (Å²) in [5.74, 6) is 0.987. The maximum absolute atomic E-state index is 6.00. The summed E-state index contributed by atoms with van der Waals surface area (Å²) in [5, 5.41) is 3.57. The van der Waals surface area contributed by atoms with Crippen molar-refractivity contribution >= 4 is 5.69 Å². The highest BCUT2D eigenvalue weighted by Gasteiger charge is 2.30. The normalized spacial score (nSPS) is 20.6. The second-order valence-corrected chi connectivity index (χ2v) is 5.01. The summed E-state index contributed by atoms with van der Waals surface area (Å²) in [6, 6.07) is 16.8. The summed E-state index contributed by atoms with van der Waals surface area (Å²) in [4.78, 5) is 2.44. The zero-order chi connectivity index (χ0) is 12.7. The van der Waals surface area contributed by atoms with E-state index in [1.165, 1.54) is 16.8 Å². The van der Waals surface area contributed by atoms with E-state index in [4.69, 9.17) is 4.74 Å². The van der Waals surface area contributed by atoms with Crippen LogP contribution in [-0.2, 0) is 6.61 Å². The lowest BCUT2D eigenvalue weighted by molar-refractivity contribution is 0.296. The van der Waals surface area contributed by atoms with E-state index in [2.05, 4.69) is 52.7 Å². The molecule has 3 heteroatoms. The van der Waals surface area contributed by atoms with Crippen molar-refractivity contribution in [1.82, 2.24) is 5.32 Å². The molecule has 0 spiro atoms. The average molecular weight is 252 g/mol. The molecule has 0 saturated carbocycles. The molecule has 0 aliphatic carbocycles. The van der Waals surface area contributed by atoms with Crippen LogP contribution in [-0.4, -0.2) is 13.1 Å². The first kappa shape index (κ1) is 10.9. The smallest absolute Gasteiger partial charge is 0.126 e. The number of hydrogen-bond donors (Lipinski definition) is 1. The fourth-order valence-electron chi connectivity index (χ4n) is 3.00. The molecule has 1 saturated heterocycles. The van der Waals surface area contributed by atoms with Crippen molar-refractivity contribution in [3.05, 3.63) is 59.7 Å². The number of nitrogens with zero attached hydrogens (tertiary/aromatic N) is 1. The van der Waals surface area contributed by atoms with E-state index in [1.54, 1.807) is 0 Å². The molecule has 0 bridgehead atoms. The first-order chi connectivity index (χ1) is 9.43. The van der Waals surface area contributed by atoms with E-state index in [0.717, 1.165) is 18.8 Å². The first-order valence-corrected chi connectivity index (χ1v) is 6.73. The molecule has 1 N–H and O–H groups in total. The summed E-state index contributed by atoms with van der Waals surface area (Å²) < 4.78 is 6.00. The van der Waals surface area contributed by atoms with E-state index in [-0.39, 0.29) is 6.17 Å². The van der Waals surface area contributed by atoms with Gasteiger partial charge in [0, 0.05) is 29.9 Å². The van der Waals surface area contributed by atoms with E-state index < -0.39 is 0 Å². The number of benzene rings is 2. The molecule has 1 fully saturated rings. The van der Waals surface area contributed by atoms with Gasteiger partial charge in [0.1, 0.15) is 18.5 Å². The topological polar surface area (TPSA) is 24.5 Å². The van der Waals surface area contributed by atoms with E-state index in [0.29, 0.717) is 6.61 Å². The monoisotopic (exact) mass is 252 g/mol. The van der Waals surface area contributed by atoms with Crippen molar-refractivity contribution in [2.45, 2.75) is 12.8 Å². The van der Waals surface area contributed by atoms with Crippen LogP contribution in [0.2, 0.25) is 0 Å². The van der Waals surface area contributed by atoms with Crippen LogP contribution in [0, 0.1) is 0 Å². The Labute approximate surface area is 112 Å². The Balaban J connectivity index is 1.87. The van der Waals surface area contributed by atoms with Gasteiger partial charge in [-0.2, -0.15) is 0 Å². The van der Waals surface area contributed by atoms with Gasteiger partial charge in [0.15, 0.2) is 0 Å². The van der Waals surface area contributed by atoms with Gasteiger partial charge in [0.2, 0.25) is 0 Å². The van der Waals surface area contributed by atoms with Crippen LogP contribution >= 0.6 is 0 Å². The van der Waals surface area contributed by atoms with Crippen LogP contribution in [0.5, 0.6) is 5.75 Å². The molecule has 2 aromatic carbocycles. The number of para-hydroxylation sites is 2. The third-order valence-corrected chi connectivity index (χ3v) is 3.90. The minimum Gasteiger partial charge on any atom is -0.488 e. The summed E-state index contributed by atoms with van der Waals surface area (Å²) in [6.45, 7) is 2.68. The molecule has 1 unspecified atom stereocenters. The Bertz CT molecular complexity index is 558. The zero-order valence-corrected chi connectivity index (χ0v) is 10.7. The second kappa shape index (κ2) is 4.28. The molecule has 19 heavy (non-hydrogen) atoms. The van der Waals surface area contributed by atoms with Crippen LogP contribution in [0.4, 0.5) is 5.69 Å². The van der Waals surface area contributed by atoms with Crippen LogP contribution in [0.25, 0.3) is 0 Å². The molecule has 1 atom stereocenters. The summed E-state index contributed by atoms with van der Waals surface area (Å²) in [6.07, 6.45) is 0.220. The van der Waals surface area contributed by atoms with Gasteiger partial charge in [0.25, 0.3) is 0 Å². The van der Waals surface area contributed by atoms with E-state index in [9.17, 15) is 0 Å². The van der Waals surface area contributed by atoms with Gasteiger partial charge in [-0.05, 0) is 12.1 Å². The maximum Gasteiger partial charge on any atom is 0.126 e. The highest BCUT2D eigenvalue weighted by molar-refractivity contribution is 5.58. The predicted octanol–water partition coefficient (Wildman–Crippen LogP) is 2.69. The Hall–Kier alpha value is -2.00. The summed E-state index contributed by atoms with van der Waals surface area (Å²) in [5.41, 5.74) is 3.77. The number of rotatable bonds is 0. The van der Waals surface area contributed by atoms with Crippen molar-refractivity contribution in [3.8, 4) is 5.75 Å². The Kier molecular flexibility index (Phi) is 2.45. The van der Waals surface area contributed by atoms with Crippen molar-refractivity contribution in [2.24, 2.45) is 0 Å². The van der Waals surface area contributed by atoms with Gasteiger partial charge in [-0.15, -0.1) is 0 Å². The van der Waals surface area contributed by atoms with E-state index >= 15 is 0 Å².